The van der Waals surface area contributed by atoms with Crippen molar-refractivity contribution in [1.29, 1.82) is 0 Å². The highest BCUT2D eigenvalue weighted by atomic mass is 32.1. The molecule has 1 aliphatic rings. The third-order valence-electron chi connectivity index (χ3n) is 5.69. The number of allylic oxidation sites excluding steroid dienone is 1. The number of fused-ring (bicyclic) bond motifs is 1. The minimum absolute atomic E-state index is 0.221. The van der Waals surface area contributed by atoms with Crippen LogP contribution in [-0.4, -0.2) is 37.3 Å². The molecular weight excluding hydrogens is 496 g/mol. The first-order valence-corrected chi connectivity index (χ1v) is 12.3. The summed E-state index contributed by atoms with van der Waals surface area (Å²) in [4.78, 5) is 43.2. The first-order valence-electron chi connectivity index (χ1n) is 11.5. The Kier molecular flexibility index (Phi) is 7.58. The van der Waals surface area contributed by atoms with Gasteiger partial charge >= 0.3 is 11.9 Å². The monoisotopic (exact) mass is 522 g/mol. The van der Waals surface area contributed by atoms with Gasteiger partial charge in [-0.1, -0.05) is 35.6 Å². The zero-order chi connectivity index (χ0) is 26.7. The maximum Gasteiger partial charge on any atom is 0.338 e. The SMILES string of the molecule is CCOc1ccccc1/C=c1/sc2n(c1=O)[C@H](c1ccc(OC(C)=O)c(OC)c1)C(C(=O)OC)=C(C)N=2. The number of esters is 2. The van der Waals surface area contributed by atoms with E-state index >= 15 is 0 Å². The zero-order valence-corrected chi connectivity index (χ0v) is 21.9. The van der Waals surface area contributed by atoms with Crippen LogP contribution in [-0.2, 0) is 14.3 Å². The lowest BCUT2D eigenvalue weighted by Gasteiger charge is -2.25. The Balaban J connectivity index is 1.95. The quantitative estimate of drug-likeness (QED) is 0.347. The summed E-state index contributed by atoms with van der Waals surface area (Å²) in [6.07, 6.45) is 1.76. The summed E-state index contributed by atoms with van der Waals surface area (Å²) in [6.45, 7) is 5.36. The highest BCUT2D eigenvalue weighted by Gasteiger charge is 2.33. The van der Waals surface area contributed by atoms with E-state index in [1.165, 1.54) is 37.0 Å². The molecule has 0 N–H and O–H groups in total. The molecule has 37 heavy (non-hydrogen) atoms. The van der Waals surface area contributed by atoms with Gasteiger partial charge in [-0.25, -0.2) is 9.79 Å². The van der Waals surface area contributed by atoms with Crippen LogP contribution in [0.2, 0.25) is 0 Å². The zero-order valence-electron chi connectivity index (χ0n) is 21.1. The Labute approximate surface area is 216 Å². The van der Waals surface area contributed by atoms with Crippen molar-refractivity contribution in [3.8, 4) is 17.2 Å². The van der Waals surface area contributed by atoms with Crippen LogP contribution in [0.4, 0.5) is 0 Å². The molecule has 0 fully saturated rings. The lowest BCUT2D eigenvalue weighted by Crippen LogP contribution is -2.39. The number of rotatable bonds is 7. The molecule has 9 nitrogen and oxygen atoms in total. The Bertz CT molecular complexity index is 1580. The van der Waals surface area contributed by atoms with Crippen molar-refractivity contribution in [3.05, 3.63) is 84.5 Å². The van der Waals surface area contributed by atoms with Crippen molar-refractivity contribution in [1.82, 2.24) is 4.57 Å². The first kappa shape index (κ1) is 25.9. The van der Waals surface area contributed by atoms with Crippen LogP contribution in [0.25, 0.3) is 6.08 Å². The smallest absolute Gasteiger partial charge is 0.338 e. The maximum absolute atomic E-state index is 13.8. The minimum Gasteiger partial charge on any atom is -0.493 e. The van der Waals surface area contributed by atoms with Gasteiger partial charge in [0.1, 0.15) is 5.75 Å². The molecule has 1 aliphatic heterocycles. The summed E-state index contributed by atoms with van der Waals surface area (Å²) in [5.41, 5.74) is 1.64. The molecule has 192 valence electrons. The van der Waals surface area contributed by atoms with Crippen molar-refractivity contribution in [3.63, 3.8) is 0 Å². The summed E-state index contributed by atoms with van der Waals surface area (Å²) < 4.78 is 23.3. The second-order valence-electron chi connectivity index (χ2n) is 8.05. The minimum atomic E-state index is -0.840. The van der Waals surface area contributed by atoms with Crippen LogP contribution in [0.15, 0.2) is 63.5 Å². The van der Waals surface area contributed by atoms with Crippen LogP contribution in [0, 0.1) is 0 Å². The van der Waals surface area contributed by atoms with Gasteiger partial charge in [0.2, 0.25) is 0 Å². The van der Waals surface area contributed by atoms with Crippen molar-refractivity contribution in [2.45, 2.75) is 26.8 Å². The number of carbonyl (C=O) groups is 2. The summed E-state index contributed by atoms with van der Waals surface area (Å²) in [5, 5.41) is 0. The van der Waals surface area contributed by atoms with E-state index in [4.69, 9.17) is 18.9 Å². The number of nitrogens with zero attached hydrogens (tertiary/aromatic N) is 2. The van der Waals surface area contributed by atoms with E-state index in [0.29, 0.717) is 33.0 Å². The van der Waals surface area contributed by atoms with Crippen molar-refractivity contribution in [2.24, 2.45) is 4.99 Å². The summed E-state index contributed by atoms with van der Waals surface area (Å²) in [5.74, 6) is 0.0468. The lowest BCUT2D eigenvalue weighted by atomic mass is 9.95. The molecule has 1 atom stereocenters. The standard InChI is InChI=1S/C27H26N2O7S/c1-6-35-19-10-8-7-9-17(19)14-22-25(31)29-24(23(26(32)34-5)15(2)28-27(29)37-22)18-11-12-20(36-16(3)30)21(13-18)33-4/h7-14,24H,6H2,1-5H3/b22-14+/t24-/m1/s1. The number of ether oxygens (including phenoxy) is 4. The molecular formula is C27H26N2O7S. The Hall–Kier alpha value is -4.18. The lowest BCUT2D eigenvalue weighted by molar-refractivity contribution is -0.136. The van der Waals surface area contributed by atoms with E-state index in [-0.39, 0.29) is 22.6 Å². The molecule has 0 amide bonds. The highest BCUT2D eigenvalue weighted by molar-refractivity contribution is 7.07. The summed E-state index contributed by atoms with van der Waals surface area (Å²) in [6, 6.07) is 11.5. The molecule has 0 bridgehead atoms. The second kappa shape index (κ2) is 10.8. The molecule has 2 heterocycles. The fourth-order valence-electron chi connectivity index (χ4n) is 4.13. The maximum atomic E-state index is 13.8. The van der Waals surface area contributed by atoms with Crippen LogP contribution >= 0.6 is 11.3 Å². The molecule has 1 aromatic heterocycles. The van der Waals surface area contributed by atoms with Crippen molar-refractivity contribution in [2.75, 3.05) is 20.8 Å². The van der Waals surface area contributed by atoms with Crippen LogP contribution < -0.4 is 29.1 Å². The Morgan fingerprint density at radius 2 is 1.86 bits per heavy atom. The molecule has 4 rings (SSSR count). The first-order chi connectivity index (χ1) is 17.8. The largest absolute Gasteiger partial charge is 0.493 e. The van der Waals surface area contributed by atoms with Gasteiger partial charge in [-0.15, -0.1) is 0 Å². The molecule has 0 aliphatic carbocycles. The molecule has 0 radical (unpaired) electrons. The molecule has 0 spiro atoms. The van der Waals surface area contributed by atoms with Crippen molar-refractivity contribution < 1.29 is 28.5 Å². The summed E-state index contributed by atoms with van der Waals surface area (Å²) >= 11 is 1.21. The van der Waals surface area contributed by atoms with E-state index in [0.717, 1.165) is 5.56 Å². The second-order valence-corrected chi connectivity index (χ2v) is 9.06. The number of carbonyl (C=O) groups excluding carboxylic acids is 2. The number of hydrogen-bond donors (Lipinski definition) is 0. The highest BCUT2D eigenvalue weighted by Crippen LogP contribution is 2.36. The van der Waals surface area contributed by atoms with E-state index in [9.17, 15) is 14.4 Å². The molecule has 0 saturated heterocycles. The number of para-hydroxylation sites is 1. The average Bonchev–Trinajstić information content (AvgIpc) is 3.18. The predicted molar refractivity (Wildman–Crippen MR) is 138 cm³/mol. The van der Waals surface area contributed by atoms with Crippen molar-refractivity contribution >= 4 is 29.4 Å². The van der Waals surface area contributed by atoms with Gasteiger partial charge in [0.05, 0.1) is 42.7 Å². The van der Waals surface area contributed by atoms with Gasteiger partial charge in [-0.2, -0.15) is 0 Å². The third kappa shape index (κ3) is 5.05. The van der Waals surface area contributed by atoms with Crippen LogP contribution in [0.1, 0.15) is 37.9 Å². The fourth-order valence-corrected chi connectivity index (χ4v) is 5.17. The van der Waals surface area contributed by atoms with Crippen LogP contribution in [0.5, 0.6) is 17.2 Å². The van der Waals surface area contributed by atoms with E-state index in [2.05, 4.69) is 4.99 Å². The third-order valence-corrected chi connectivity index (χ3v) is 6.67. The van der Waals surface area contributed by atoms with Gasteiger partial charge in [0.15, 0.2) is 16.3 Å². The molecule has 0 saturated carbocycles. The topological polar surface area (TPSA) is 105 Å². The Morgan fingerprint density at radius 1 is 1.11 bits per heavy atom. The summed E-state index contributed by atoms with van der Waals surface area (Å²) in [7, 11) is 2.72. The number of benzene rings is 2. The molecule has 3 aromatic rings. The Morgan fingerprint density at radius 3 is 2.54 bits per heavy atom. The number of thiazole rings is 1. The van der Waals surface area contributed by atoms with Gasteiger partial charge < -0.3 is 18.9 Å². The van der Waals surface area contributed by atoms with E-state index in [1.807, 2.05) is 31.2 Å². The molecule has 10 heteroatoms. The molecule has 2 aromatic carbocycles. The fraction of sp³-hybridized carbons (Fsp3) is 0.259. The van der Waals surface area contributed by atoms with Crippen LogP contribution in [0.3, 0.4) is 0 Å². The van der Waals surface area contributed by atoms with Gasteiger partial charge in [0.25, 0.3) is 5.56 Å². The van der Waals surface area contributed by atoms with Gasteiger partial charge in [-0.05, 0) is 43.7 Å². The normalized spacial score (nSPS) is 15.1. The van der Waals surface area contributed by atoms with E-state index in [1.54, 1.807) is 31.2 Å². The average molecular weight is 523 g/mol. The predicted octanol–water partition coefficient (Wildman–Crippen LogP) is 2.74. The van der Waals surface area contributed by atoms with Gasteiger partial charge in [-0.3, -0.25) is 14.2 Å². The number of aromatic nitrogens is 1. The number of hydrogen-bond acceptors (Lipinski definition) is 9. The number of methoxy groups -OCH3 is 2. The molecule has 0 unspecified atom stereocenters. The van der Waals surface area contributed by atoms with E-state index < -0.39 is 18.0 Å². The van der Waals surface area contributed by atoms with Gasteiger partial charge in [0, 0.05) is 12.5 Å².